The van der Waals surface area contributed by atoms with Crippen LogP contribution >= 0.6 is 23.2 Å². The van der Waals surface area contributed by atoms with Gasteiger partial charge in [0.25, 0.3) is 5.91 Å². The number of carbonyl (C=O) groups excluding carboxylic acids is 2. The number of amides is 1. The largest absolute Gasteiger partial charge is 0.339 e. The van der Waals surface area contributed by atoms with Gasteiger partial charge in [0.15, 0.2) is 5.78 Å². The Morgan fingerprint density at radius 2 is 1.53 bits per heavy atom. The number of rotatable bonds is 4. The lowest BCUT2D eigenvalue weighted by molar-refractivity contribution is 0.0651. The molecule has 1 aliphatic rings. The molecule has 0 unspecified atom stereocenters. The number of piperidine rings is 1. The van der Waals surface area contributed by atoms with Crippen molar-refractivity contribution in [3.05, 3.63) is 93.5 Å². The Kier molecular flexibility index (Phi) is 6.60. The number of ketones is 1. The Balaban J connectivity index is 1.51. The molecular weight excluding hydrogens is 443 g/mol. The molecule has 0 aromatic heterocycles. The highest BCUT2D eigenvalue weighted by Gasteiger charge is 2.29. The highest BCUT2D eigenvalue weighted by atomic mass is 35.5. The maximum Gasteiger partial charge on any atom is 0.254 e. The molecule has 1 saturated heterocycles. The molecule has 0 saturated carbocycles. The summed E-state index contributed by atoms with van der Waals surface area (Å²) in [5.74, 6) is -0.223. The van der Waals surface area contributed by atoms with Crippen LogP contribution in [-0.4, -0.2) is 29.7 Å². The third-order valence-electron chi connectivity index (χ3n) is 5.85. The number of nitrogens with zero attached hydrogens (tertiary/aromatic N) is 2. The molecule has 0 bridgehead atoms. The molecule has 6 heteroatoms. The lowest BCUT2D eigenvalue weighted by Gasteiger charge is -2.32. The quantitative estimate of drug-likeness (QED) is 0.429. The number of benzene rings is 3. The van der Waals surface area contributed by atoms with Crippen molar-refractivity contribution in [2.24, 2.45) is 5.92 Å². The summed E-state index contributed by atoms with van der Waals surface area (Å²) in [7, 11) is 0. The first kappa shape index (κ1) is 22.1. The lowest BCUT2D eigenvalue weighted by Crippen LogP contribution is -2.40. The van der Waals surface area contributed by atoms with Crippen LogP contribution in [0.25, 0.3) is 11.1 Å². The fraction of sp³-hybridized carbons (Fsp3) is 0.192. The number of Topliss-reactive ketones (excluding diaryl/α,β-unsaturated/α-hetero) is 1. The average molecular weight is 463 g/mol. The van der Waals surface area contributed by atoms with Gasteiger partial charge in [-0.15, -0.1) is 0 Å². The zero-order valence-corrected chi connectivity index (χ0v) is 18.7. The monoisotopic (exact) mass is 462 g/mol. The van der Waals surface area contributed by atoms with E-state index in [9.17, 15) is 14.9 Å². The number of nitriles is 1. The average Bonchev–Trinajstić information content (AvgIpc) is 2.85. The molecule has 1 fully saturated rings. The summed E-state index contributed by atoms with van der Waals surface area (Å²) in [4.78, 5) is 28.0. The number of halogens is 2. The van der Waals surface area contributed by atoms with Gasteiger partial charge in [-0.25, -0.2) is 0 Å². The Morgan fingerprint density at radius 1 is 0.875 bits per heavy atom. The third-order valence-corrected chi connectivity index (χ3v) is 6.59. The van der Waals surface area contributed by atoms with Crippen LogP contribution in [0, 0.1) is 17.2 Å². The fourth-order valence-corrected chi connectivity index (χ4v) is 4.42. The predicted octanol–water partition coefficient (Wildman–Crippen LogP) is 6.27. The first-order valence-electron chi connectivity index (χ1n) is 10.4. The molecule has 0 N–H and O–H groups in total. The van der Waals surface area contributed by atoms with Gasteiger partial charge in [0.2, 0.25) is 0 Å². The first-order valence-corrected chi connectivity index (χ1v) is 11.1. The van der Waals surface area contributed by atoms with Gasteiger partial charge < -0.3 is 4.90 Å². The zero-order valence-electron chi connectivity index (χ0n) is 17.2. The van der Waals surface area contributed by atoms with Gasteiger partial charge in [-0.05, 0) is 48.7 Å². The van der Waals surface area contributed by atoms with Crippen LogP contribution in [-0.2, 0) is 0 Å². The third kappa shape index (κ3) is 4.41. The summed E-state index contributed by atoms with van der Waals surface area (Å²) < 4.78 is 0. The van der Waals surface area contributed by atoms with E-state index in [-0.39, 0.29) is 17.6 Å². The van der Waals surface area contributed by atoms with Crippen LogP contribution in [0.1, 0.15) is 39.1 Å². The van der Waals surface area contributed by atoms with E-state index in [1.54, 1.807) is 35.2 Å². The van der Waals surface area contributed by atoms with E-state index in [2.05, 4.69) is 6.07 Å². The van der Waals surface area contributed by atoms with E-state index in [0.717, 1.165) is 11.1 Å². The summed E-state index contributed by atoms with van der Waals surface area (Å²) in [6.45, 7) is 0.982. The van der Waals surface area contributed by atoms with E-state index >= 15 is 0 Å². The Morgan fingerprint density at radius 3 is 2.22 bits per heavy atom. The minimum absolute atomic E-state index is 0.0269. The Hall–Kier alpha value is -3.13. The SMILES string of the molecule is N#Cc1ccccc1-c1ccccc1C(=O)N1CCC(C(=O)c2ccc(Cl)c(Cl)c2)CC1. The highest BCUT2D eigenvalue weighted by molar-refractivity contribution is 6.42. The van der Waals surface area contributed by atoms with Gasteiger partial charge in [-0.3, -0.25) is 9.59 Å². The standard InChI is InChI=1S/C26H20Cl2N2O2/c27-23-10-9-18(15-24(23)28)25(31)17-11-13-30(14-12-17)26(32)22-8-4-3-7-21(22)20-6-2-1-5-19(20)16-29/h1-10,15,17H,11-14H2. The van der Waals surface area contributed by atoms with Gasteiger partial charge in [-0.2, -0.15) is 5.26 Å². The number of hydrogen-bond donors (Lipinski definition) is 0. The van der Waals surface area contributed by atoms with E-state index in [1.165, 1.54) is 0 Å². The molecule has 32 heavy (non-hydrogen) atoms. The molecule has 1 aliphatic heterocycles. The van der Waals surface area contributed by atoms with Crippen LogP contribution in [0.3, 0.4) is 0 Å². The lowest BCUT2D eigenvalue weighted by atomic mass is 9.88. The van der Waals surface area contributed by atoms with Gasteiger partial charge >= 0.3 is 0 Å². The predicted molar refractivity (Wildman–Crippen MR) is 126 cm³/mol. The summed E-state index contributed by atoms with van der Waals surface area (Å²) in [5, 5.41) is 10.2. The summed E-state index contributed by atoms with van der Waals surface area (Å²) >= 11 is 12.0. The second kappa shape index (κ2) is 9.56. The summed E-state index contributed by atoms with van der Waals surface area (Å²) in [5.41, 5.74) is 3.11. The summed E-state index contributed by atoms with van der Waals surface area (Å²) in [6, 6.07) is 21.7. The second-order valence-corrected chi connectivity index (χ2v) is 8.58. The summed E-state index contributed by atoms with van der Waals surface area (Å²) in [6.07, 6.45) is 1.17. The minimum atomic E-state index is -0.161. The highest BCUT2D eigenvalue weighted by Crippen LogP contribution is 2.30. The molecule has 0 radical (unpaired) electrons. The second-order valence-electron chi connectivity index (χ2n) is 7.76. The minimum Gasteiger partial charge on any atom is -0.339 e. The molecule has 1 heterocycles. The molecule has 0 atom stereocenters. The van der Waals surface area contributed by atoms with E-state index in [0.29, 0.717) is 52.7 Å². The maximum atomic E-state index is 13.3. The van der Waals surface area contributed by atoms with Crippen LogP contribution < -0.4 is 0 Å². The van der Waals surface area contributed by atoms with Crippen molar-refractivity contribution in [2.45, 2.75) is 12.8 Å². The molecule has 0 aliphatic carbocycles. The first-order chi connectivity index (χ1) is 15.5. The zero-order chi connectivity index (χ0) is 22.7. The van der Waals surface area contributed by atoms with E-state index < -0.39 is 0 Å². The number of carbonyl (C=O) groups is 2. The van der Waals surface area contributed by atoms with E-state index in [4.69, 9.17) is 23.2 Å². The van der Waals surface area contributed by atoms with Gasteiger partial charge in [0.1, 0.15) is 0 Å². The maximum absolute atomic E-state index is 13.3. The molecule has 3 aromatic rings. The Labute approximate surface area is 197 Å². The van der Waals surface area contributed by atoms with Gasteiger partial charge in [0.05, 0.1) is 21.7 Å². The van der Waals surface area contributed by atoms with Crippen LogP contribution in [0.4, 0.5) is 0 Å². The molecule has 4 nitrogen and oxygen atoms in total. The molecule has 3 aromatic carbocycles. The van der Waals surface area contributed by atoms with E-state index in [1.807, 2.05) is 36.4 Å². The van der Waals surface area contributed by atoms with Crippen LogP contribution in [0.5, 0.6) is 0 Å². The molecule has 1 amide bonds. The van der Waals surface area contributed by atoms with Gasteiger partial charge in [-0.1, -0.05) is 59.6 Å². The normalized spacial score (nSPS) is 14.1. The van der Waals surface area contributed by atoms with Gasteiger partial charge in [0, 0.05) is 35.7 Å². The smallest absolute Gasteiger partial charge is 0.254 e. The van der Waals surface area contributed by atoms with Crippen molar-refractivity contribution in [2.75, 3.05) is 13.1 Å². The van der Waals surface area contributed by atoms with Crippen molar-refractivity contribution in [3.8, 4) is 17.2 Å². The van der Waals surface area contributed by atoms with Crippen LogP contribution in [0.2, 0.25) is 10.0 Å². The van der Waals surface area contributed by atoms with Crippen LogP contribution in [0.15, 0.2) is 66.7 Å². The Bertz CT molecular complexity index is 1220. The van der Waals surface area contributed by atoms with Crippen molar-refractivity contribution in [3.63, 3.8) is 0 Å². The van der Waals surface area contributed by atoms with Crippen molar-refractivity contribution in [1.29, 1.82) is 5.26 Å². The topological polar surface area (TPSA) is 61.2 Å². The van der Waals surface area contributed by atoms with Crippen molar-refractivity contribution in [1.82, 2.24) is 4.90 Å². The number of likely N-dealkylation sites (tertiary alicyclic amines) is 1. The fourth-order valence-electron chi connectivity index (χ4n) is 4.12. The van der Waals surface area contributed by atoms with Crippen molar-refractivity contribution >= 4 is 34.9 Å². The molecule has 4 rings (SSSR count). The molecule has 160 valence electrons. The molecule has 0 spiro atoms. The molecular formula is C26H20Cl2N2O2. The number of hydrogen-bond acceptors (Lipinski definition) is 3. The van der Waals surface area contributed by atoms with Crippen molar-refractivity contribution < 1.29 is 9.59 Å².